The zero-order valence-corrected chi connectivity index (χ0v) is 10.2. The highest BCUT2D eigenvalue weighted by atomic mass is 16.7. The molecular weight excluding hydrogens is 258 g/mol. The van der Waals surface area contributed by atoms with Gasteiger partial charge in [0.05, 0.1) is 12.1 Å². The highest BCUT2D eigenvalue weighted by Gasteiger charge is 2.47. The van der Waals surface area contributed by atoms with Gasteiger partial charge in [-0.25, -0.2) is 0 Å². The molecule has 1 aliphatic heterocycles. The van der Waals surface area contributed by atoms with Crippen LogP contribution in [0.15, 0.2) is 0 Å². The van der Waals surface area contributed by atoms with Crippen LogP contribution in [0.2, 0.25) is 0 Å². The third-order valence-corrected chi connectivity index (χ3v) is 3.66. The first-order valence-electron chi connectivity index (χ1n) is 6.13. The van der Waals surface area contributed by atoms with Crippen LogP contribution in [0.5, 0.6) is 0 Å². The van der Waals surface area contributed by atoms with Crippen LogP contribution in [0, 0.1) is 0 Å². The quantitative estimate of drug-likeness (QED) is 0.262. The van der Waals surface area contributed by atoms with Crippen LogP contribution in [-0.2, 0) is 9.47 Å². The monoisotopic (exact) mass is 279 g/mol. The van der Waals surface area contributed by atoms with Crippen LogP contribution >= 0.6 is 0 Å². The van der Waals surface area contributed by atoms with Crippen molar-refractivity contribution in [2.24, 2.45) is 17.2 Å². The second kappa shape index (κ2) is 5.56. The average Bonchev–Trinajstić information content (AvgIpc) is 2.59. The smallest absolute Gasteiger partial charge is 0.185 e. The van der Waals surface area contributed by atoms with Crippen LogP contribution in [0.1, 0.15) is 6.42 Å². The summed E-state index contributed by atoms with van der Waals surface area (Å²) in [5.41, 5.74) is 17.1. The van der Waals surface area contributed by atoms with Gasteiger partial charge in [0.1, 0.15) is 18.3 Å². The third kappa shape index (κ3) is 2.75. The predicted molar refractivity (Wildman–Crippen MR) is 62.3 cm³/mol. The highest BCUT2D eigenvalue weighted by molar-refractivity contribution is 4.98. The summed E-state index contributed by atoms with van der Waals surface area (Å²) in [7, 11) is 0. The highest BCUT2D eigenvalue weighted by Crippen LogP contribution is 2.26. The lowest BCUT2D eigenvalue weighted by atomic mass is 9.84. The van der Waals surface area contributed by atoms with Gasteiger partial charge in [-0.05, 0) is 6.42 Å². The molecule has 1 saturated carbocycles. The number of hydrogen-bond donors (Lipinski definition) is 7. The second-order valence-corrected chi connectivity index (χ2v) is 5.11. The van der Waals surface area contributed by atoms with Crippen molar-refractivity contribution >= 4 is 0 Å². The molecule has 9 nitrogen and oxygen atoms in total. The van der Waals surface area contributed by atoms with Crippen molar-refractivity contribution in [1.29, 1.82) is 0 Å². The first-order valence-corrected chi connectivity index (χ1v) is 6.13. The van der Waals surface area contributed by atoms with E-state index < -0.39 is 55.1 Å². The minimum Gasteiger partial charge on any atom is -0.389 e. The molecule has 2 rings (SSSR count). The molecule has 0 bridgehead atoms. The summed E-state index contributed by atoms with van der Waals surface area (Å²) in [6.07, 6.45) is -6.99. The number of nitrogens with two attached hydrogens (primary N) is 3. The zero-order chi connectivity index (χ0) is 14.3. The van der Waals surface area contributed by atoms with E-state index in [1.807, 2.05) is 0 Å². The van der Waals surface area contributed by atoms with Gasteiger partial charge < -0.3 is 47.1 Å². The van der Waals surface area contributed by atoms with Gasteiger partial charge in [0, 0.05) is 12.1 Å². The number of rotatable bonds is 2. The van der Waals surface area contributed by atoms with Crippen LogP contribution in [0.4, 0.5) is 0 Å². The fourth-order valence-electron chi connectivity index (χ4n) is 2.41. The van der Waals surface area contributed by atoms with E-state index >= 15 is 0 Å². The van der Waals surface area contributed by atoms with Gasteiger partial charge in [0.2, 0.25) is 0 Å². The van der Waals surface area contributed by atoms with Crippen molar-refractivity contribution in [2.45, 2.75) is 61.5 Å². The normalized spacial score (nSPS) is 55.4. The summed E-state index contributed by atoms with van der Waals surface area (Å²) >= 11 is 0. The lowest BCUT2D eigenvalue weighted by Crippen LogP contribution is -2.63. The van der Waals surface area contributed by atoms with Crippen molar-refractivity contribution in [1.82, 2.24) is 0 Å². The van der Waals surface area contributed by atoms with E-state index in [1.54, 1.807) is 0 Å². The second-order valence-electron chi connectivity index (χ2n) is 5.11. The zero-order valence-electron chi connectivity index (χ0n) is 10.2. The summed E-state index contributed by atoms with van der Waals surface area (Å²) in [6, 6.07) is -2.22. The fourth-order valence-corrected chi connectivity index (χ4v) is 2.41. The molecule has 0 aromatic rings. The number of aliphatic hydroxyl groups excluding tert-OH is 4. The Bertz CT molecular complexity index is 322. The fraction of sp³-hybridized carbons (Fsp3) is 1.00. The number of ether oxygens (including phenoxy) is 2. The van der Waals surface area contributed by atoms with Crippen molar-refractivity contribution in [3.05, 3.63) is 0 Å². The Kier molecular flexibility index (Phi) is 4.40. The number of hydrogen-bond acceptors (Lipinski definition) is 9. The standard InChI is InChI=1S/C10H21N3O6/c11-2-1-3(12)8(7(16)5(2)14)18-10-4(13)6(15)9(17)19-10/h2-10,14-17H,1,11-13H2. The van der Waals surface area contributed by atoms with E-state index in [9.17, 15) is 20.4 Å². The maximum absolute atomic E-state index is 9.90. The molecule has 1 saturated heterocycles. The van der Waals surface area contributed by atoms with Crippen LogP contribution in [0.3, 0.4) is 0 Å². The van der Waals surface area contributed by atoms with Crippen molar-refractivity contribution in [2.75, 3.05) is 0 Å². The van der Waals surface area contributed by atoms with E-state index in [0.29, 0.717) is 0 Å². The minimum absolute atomic E-state index is 0.260. The summed E-state index contributed by atoms with van der Waals surface area (Å²) < 4.78 is 10.3. The summed E-state index contributed by atoms with van der Waals surface area (Å²) in [6.45, 7) is 0. The van der Waals surface area contributed by atoms with Crippen LogP contribution in [-0.4, -0.2) is 75.5 Å². The molecule has 1 aliphatic carbocycles. The molecule has 0 spiro atoms. The van der Waals surface area contributed by atoms with Crippen molar-refractivity contribution in [3.63, 3.8) is 0 Å². The first-order chi connectivity index (χ1) is 8.82. The van der Waals surface area contributed by atoms with E-state index in [-0.39, 0.29) is 6.42 Å². The Balaban J connectivity index is 2.02. The Labute approximate surface area is 109 Å². The molecule has 10 N–H and O–H groups in total. The Morgan fingerprint density at radius 2 is 1.53 bits per heavy atom. The molecule has 9 atom stereocenters. The third-order valence-electron chi connectivity index (χ3n) is 3.66. The van der Waals surface area contributed by atoms with E-state index in [4.69, 9.17) is 26.7 Å². The lowest BCUT2D eigenvalue weighted by Gasteiger charge is -2.40. The molecule has 112 valence electrons. The van der Waals surface area contributed by atoms with E-state index in [2.05, 4.69) is 0 Å². The molecule has 2 aliphatic rings. The Morgan fingerprint density at radius 1 is 0.895 bits per heavy atom. The summed E-state index contributed by atoms with van der Waals surface area (Å²) in [5, 5.41) is 38.3. The molecule has 9 unspecified atom stereocenters. The Hall–Kier alpha value is -0.360. The van der Waals surface area contributed by atoms with Gasteiger partial charge >= 0.3 is 0 Å². The number of aliphatic hydroxyl groups is 4. The van der Waals surface area contributed by atoms with Gasteiger partial charge in [-0.3, -0.25) is 0 Å². The largest absolute Gasteiger partial charge is 0.389 e. The Morgan fingerprint density at radius 3 is 2.05 bits per heavy atom. The molecular formula is C10H21N3O6. The van der Waals surface area contributed by atoms with Gasteiger partial charge in [-0.15, -0.1) is 0 Å². The van der Waals surface area contributed by atoms with Gasteiger partial charge in [0.25, 0.3) is 0 Å². The maximum atomic E-state index is 9.90. The first kappa shape index (κ1) is 15.0. The van der Waals surface area contributed by atoms with Crippen molar-refractivity contribution < 1.29 is 29.9 Å². The average molecular weight is 279 g/mol. The molecule has 0 aromatic heterocycles. The van der Waals surface area contributed by atoms with Crippen molar-refractivity contribution in [3.8, 4) is 0 Å². The van der Waals surface area contributed by atoms with Crippen LogP contribution in [0.25, 0.3) is 0 Å². The molecule has 19 heavy (non-hydrogen) atoms. The maximum Gasteiger partial charge on any atom is 0.185 e. The molecule has 0 aromatic carbocycles. The SMILES string of the molecule is NC1CC(N)C(OC2OC(O)C(O)C2N)C(O)C1O. The van der Waals surface area contributed by atoms with Gasteiger partial charge in [-0.2, -0.15) is 0 Å². The molecule has 2 fully saturated rings. The summed E-state index contributed by atoms with van der Waals surface area (Å²) in [4.78, 5) is 0. The van der Waals surface area contributed by atoms with Crippen LogP contribution < -0.4 is 17.2 Å². The van der Waals surface area contributed by atoms with Gasteiger partial charge in [-0.1, -0.05) is 0 Å². The summed E-state index contributed by atoms with van der Waals surface area (Å²) in [5.74, 6) is 0. The molecule has 1 heterocycles. The molecule has 0 radical (unpaired) electrons. The lowest BCUT2D eigenvalue weighted by molar-refractivity contribution is -0.241. The van der Waals surface area contributed by atoms with E-state index in [1.165, 1.54) is 0 Å². The predicted octanol–water partition coefficient (Wildman–Crippen LogP) is -4.49. The minimum atomic E-state index is -1.45. The topological polar surface area (TPSA) is 177 Å². The molecule has 0 amide bonds. The van der Waals surface area contributed by atoms with E-state index in [0.717, 1.165) is 0 Å². The van der Waals surface area contributed by atoms with Gasteiger partial charge in [0.15, 0.2) is 12.6 Å². The molecule has 9 heteroatoms.